The zero-order valence-electron chi connectivity index (χ0n) is 15.1. The molecule has 0 unspecified atom stereocenters. The van der Waals surface area contributed by atoms with Crippen molar-refractivity contribution in [2.24, 2.45) is 0 Å². The summed E-state index contributed by atoms with van der Waals surface area (Å²) in [4.78, 5) is 28.7. The average molecular weight is 373 g/mol. The van der Waals surface area contributed by atoms with Gasteiger partial charge in [0.2, 0.25) is 5.91 Å². The number of carbonyl (C=O) groups excluding carboxylic acids is 2. The van der Waals surface area contributed by atoms with E-state index in [-0.39, 0.29) is 24.8 Å². The molecule has 0 bridgehead atoms. The number of aryl methyl sites for hydroxylation is 1. The molecule has 0 radical (unpaired) electrons. The van der Waals surface area contributed by atoms with E-state index in [2.05, 4.69) is 21.5 Å². The quantitative estimate of drug-likeness (QED) is 0.623. The molecule has 0 aliphatic heterocycles. The molecule has 140 valence electrons. The molecule has 1 heterocycles. The monoisotopic (exact) mass is 373 g/mol. The van der Waals surface area contributed by atoms with Crippen molar-refractivity contribution in [2.75, 3.05) is 11.9 Å². The number of hydrogen-bond acceptors (Lipinski definition) is 4. The number of rotatable bonds is 7. The molecule has 0 aliphatic rings. The predicted molar refractivity (Wildman–Crippen MR) is 106 cm³/mol. The predicted octanol–water partition coefficient (Wildman–Crippen LogP) is 3.28. The van der Waals surface area contributed by atoms with Gasteiger partial charge >= 0.3 is 0 Å². The minimum absolute atomic E-state index is 0.120. The highest BCUT2D eigenvalue weighted by atomic mass is 16.4. The summed E-state index contributed by atoms with van der Waals surface area (Å²) < 4.78 is 5.70. The molecule has 0 saturated carbocycles. The van der Waals surface area contributed by atoms with Crippen LogP contribution in [0.1, 0.15) is 22.7 Å². The van der Waals surface area contributed by atoms with E-state index >= 15 is 0 Å². The Kier molecular flexibility index (Phi) is 6.21. The highest BCUT2D eigenvalue weighted by Crippen LogP contribution is 2.20. The lowest BCUT2D eigenvalue weighted by molar-refractivity contribution is -0.116. The van der Waals surface area contributed by atoms with Gasteiger partial charge in [0.25, 0.3) is 5.91 Å². The summed E-state index contributed by atoms with van der Waals surface area (Å²) in [6.07, 6.45) is 7.33. The summed E-state index contributed by atoms with van der Waals surface area (Å²) in [5, 5.41) is 5.34. The molecule has 6 heteroatoms. The van der Waals surface area contributed by atoms with Gasteiger partial charge in [-0.25, -0.2) is 4.98 Å². The number of aromatic nitrogens is 1. The van der Waals surface area contributed by atoms with Gasteiger partial charge in [0.15, 0.2) is 11.7 Å². The average Bonchev–Trinajstić information content (AvgIpc) is 3.21. The van der Waals surface area contributed by atoms with Crippen molar-refractivity contribution in [3.8, 4) is 23.7 Å². The molecule has 1 aromatic heterocycles. The number of hydrogen-bond donors (Lipinski definition) is 2. The topological polar surface area (TPSA) is 84.2 Å². The Morgan fingerprint density at radius 2 is 1.82 bits per heavy atom. The first-order valence-corrected chi connectivity index (χ1v) is 8.78. The fraction of sp³-hybridized carbons (Fsp3) is 0.136. The number of nitrogens with one attached hydrogen (secondary N) is 2. The van der Waals surface area contributed by atoms with Gasteiger partial charge in [-0.15, -0.1) is 6.42 Å². The fourth-order valence-corrected chi connectivity index (χ4v) is 2.61. The van der Waals surface area contributed by atoms with Crippen LogP contribution < -0.4 is 10.6 Å². The Bertz CT molecular complexity index is 1000. The molecule has 2 aromatic carbocycles. The smallest absolute Gasteiger partial charge is 0.254 e. The Morgan fingerprint density at radius 3 is 2.61 bits per heavy atom. The molecule has 0 aliphatic carbocycles. The number of nitrogens with zero attached hydrogens (tertiary/aromatic N) is 1. The molecular weight excluding hydrogens is 354 g/mol. The maximum Gasteiger partial charge on any atom is 0.254 e. The first kappa shape index (κ1) is 18.9. The number of carbonyl (C=O) groups is 2. The van der Waals surface area contributed by atoms with Crippen LogP contribution in [0.3, 0.4) is 0 Å². The van der Waals surface area contributed by atoms with Crippen molar-refractivity contribution in [2.45, 2.75) is 12.8 Å². The SMILES string of the molecule is C#CCNC(=O)c1ccccc1NC(=O)CCc1ncc(-c2ccccc2)o1. The standard InChI is InChI=1S/C22H19N3O3/c1-2-14-23-22(27)17-10-6-7-11-18(17)25-20(26)12-13-21-24-15-19(28-21)16-8-4-3-5-9-16/h1,3-11,15H,12-14H2,(H,23,27)(H,25,26). The van der Waals surface area contributed by atoms with Crippen molar-refractivity contribution >= 4 is 17.5 Å². The number of oxazole rings is 1. The summed E-state index contributed by atoms with van der Waals surface area (Å²) in [5.74, 6) is 2.91. The number of terminal acetylenes is 1. The van der Waals surface area contributed by atoms with E-state index in [1.807, 2.05) is 30.3 Å². The van der Waals surface area contributed by atoms with Crippen LogP contribution in [0, 0.1) is 12.3 Å². The van der Waals surface area contributed by atoms with Gasteiger partial charge in [0.05, 0.1) is 24.0 Å². The third kappa shape index (κ3) is 4.86. The largest absolute Gasteiger partial charge is 0.441 e. The Hall–Kier alpha value is -3.85. The molecule has 6 nitrogen and oxygen atoms in total. The third-order valence-corrected chi connectivity index (χ3v) is 3.97. The van der Waals surface area contributed by atoms with E-state index < -0.39 is 0 Å². The Balaban J connectivity index is 1.59. The van der Waals surface area contributed by atoms with Crippen LogP contribution in [-0.4, -0.2) is 23.3 Å². The van der Waals surface area contributed by atoms with Crippen LogP contribution in [0.15, 0.2) is 65.2 Å². The number of para-hydroxylation sites is 1. The third-order valence-electron chi connectivity index (χ3n) is 3.97. The van der Waals surface area contributed by atoms with Crippen LogP contribution in [-0.2, 0) is 11.2 Å². The summed E-state index contributed by atoms with van der Waals surface area (Å²) in [7, 11) is 0. The van der Waals surface area contributed by atoms with E-state index in [0.29, 0.717) is 29.3 Å². The first-order valence-electron chi connectivity index (χ1n) is 8.78. The molecule has 0 spiro atoms. The van der Waals surface area contributed by atoms with Gasteiger partial charge < -0.3 is 15.1 Å². The van der Waals surface area contributed by atoms with E-state index in [1.165, 1.54) is 0 Å². The fourth-order valence-electron chi connectivity index (χ4n) is 2.61. The second-order valence-corrected chi connectivity index (χ2v) is 5.96. The summed E-state index contributed by atoms with van der Waals surface area (Å²) in [5.41, 5.74) is 1.71. The first-order chi connectivity index (χ1) is 13.7. The van der Waals surface area contributed by atoms with Gasteiger partial charge in [0, 0.05) is 18.4 Å². The second kappa shape index (κ2) is 9.19. The summed E-state index contributed by atoms with van der Waals surface area (Å²) in [6, 6.07) is 16.4. The highest BCUT2D eigenvalue weighted by Gasteiger charge is 2.13. The van der Waals surface area contributed by atoms with Crippen molar-refractivity contribution < 1.29 is 14.0 Å². The maximum atomic E-state index is 12.3. The lowest BCUT2D eigenvalue weighted by Gasteiger charge is -2.10. The lowest BCUT2D eigenvalue weighted by atomic mass is 10.1. The Morgan fingerprint density at radius 1 is 1.07 bits per heavy atom. The molecule has 2 N–H and O–H groups in total. The van der Waals surface area contributed by atoms with Gasteiger partial charge in [0.1, 0.15) is 0 Å². The molecule has 2 amide bonds. The molecule has 0 saturated heterocycles. The van der Waals surface area contributed by atoms with Crippen LogP contribution in [0.5, 0.6) is 0 Å². The molecular formula is C22H19N3O3. The number of amides is 2. The van der Waals surface area contributed by atoms with E-state index in [9.17, 15) is 9.59 Å². The number of anilines is 1. The van der Waals surface area contributed by atoms with Crippen molar-refractivity contribution in [1.29, 1.82) is 0 Å². The highest BCUT2D eigenvalue weighted by molar-refractivity contribution is 6.03. The molecule has 3 rings (SSSR count). The minimum atomic E-state index is -0.339. The molecule has 0 atom stereocenters. The van der Waals surface area contributed by atoms with E-state index in [0.717, 1.165) is 5.56 Å². The van der Waals surface area contributed by atoms with Crippen molar-refractivity contribution in [3.05, 3.63) is 72.2 Å². The van der Waals surface area contributed by atoms with Crippen molar-refractivity contribution in [1.82, 2.24) is 10.3 Å². The zero-order chi connectivity index (χ0) is 19.8. The zero-order valence-corrected chi connectivity index (χ0v) is 15.1. The van der Waals surface area contributed by atoms with Crippen LogP contribution >= 0.6 is 0 Å². The maximum absolute atomic E-state index is 12.3. The summed E-state index contributed by atoms with van der Waals surface area (Å²) in [6.45, 7) is 0.120. The molecule has 0 fully saturated rings. The van der Waals surface area contributed by atoms with Crippen molar-refractivity contribution in [3.63, 3.8) is 0 Å². The second-order valence-electron chi connectivity index (χ2n) is 5.96. The van der Waals surface area contributed by atoms with Crippen LogP contribution in [0.25, 0.3) is 11.3 Å². The summed E-state index contributed by atoms with van der Waals surface area (Å²) >= 11 is 0. The van der Waals surface area contributed by atoms with Crippen LogP contribution in [0.4, 0.5) is 5.69 Å². The van der Waals surface area contributed by atoms with Gasteiger partial charge in [-0.1, -0.05) is 48.4 Å². The Labute approximate surface area is 163 Å². The number of benzene rings is 2. The molecule has 3 aromatic rings. The van der Waals surface area contributed by atoms with Crippen LogP contribution in [0.2, 0.25) is 0 Å². The minimum Gasteiger partial charge on any atom is -0.441 e. The van der Waals surface area contributed by atoms with Gasteiger partial charge in [-0.3, -0.25) is 9.59 Å². The van der Waals surface area contributed by atoms with Gasteiger partial charge in [-0.2, -0.15) is 0 Å². The normalized spacial score (nSPS) is 10.1. The van der Waals surface area contributed by atoms with E-state index in [1.54, 1.807) is 30.5 Å². The van der Waals surface area contributed by atoms with Gasteiger partial charge in [-0.05, 0) is 12.1 Å². The van der Waals surface area contributed by atoms with E-state index in [4.69, 9.17) is 10.8 Å². The molecule has 28 heavy (non-hydrogen) atoms. The lowest BCUT2D eigenvalue weighted by Crippen LogP contribution is -2.25.